The zero-order valence-corrected chi connectivity index (χ0v) is 16.2. The minimum absolute atomic E-state index is 0.0686. The summed E-state index contributed by atoms with van der Waals surface area (Å²) in [4.78, 5) is 18.9. The predicted molar refractivity (Wildman–Crippen MR) is 108 cm³/mol. The molecule has 9 nitrogen and oxygen atoms in total. The molecule has 2 aromatic rings. The van der Waals surface area contributed by atoms with E-state index < -0.39 is 15.9 Å². The van der Waals surface area contributed by atoms with Gasteiger partial charge in [-0.05, 0) is 49.3 Å². The fraction of sp³-hybridized carbons (Fsp3) is 0.263. The average Bonchev–Trinajstić information content (AvgIpc) is 3.44. The highest BCUT2D eigenvalue weighted by molar-refractivity contribution is 7.90. The number of carbonyl (C=O) groups excluding carboxylic acids is 1. The molecule has 2 aliphatic heterocycles. The third kappa shape index (κ3) is 3.58. The summed E-state index contributed by atoms with van der Waals surface area (Å²) >= 11 is 0. The van der Waals surface area contributed by atoms with Crippen LogP contribution in [-0.4, -0.2) is 52.5 Å². The summed E-state index contributed by atoms with van der Waals surface area (Å²) in [5.41, 5.74) is 1.64. The fourth-order valence-corrected chi connectivity index (χ4v) is 4.22. The van der Waals surface area contributed by atoms with E-state index in [1.807, 2.05) is 12.1 Å². The molecule has 2 N–H and O–H groups in total. The van der Waals surface area contributed by atoms with E-state index in [9.17, 15) is 13.2 Å². The van der Waals surface area contributed by atoms with Crippen LogP contribution in [0.25, 0.3) is 11.4 Å². The Kier molecular flexibility index (Phi) is 4.09. The Labute approximate surface area is 167 Å². The Morgan fingerprint density at radius 1 is 1.21 bits per heavy atom. The lowest BCUT2D eigenvalue weighted by Gasteiger charge is -2.28. The molecule has 1 amide bonds. The van der Waals surface area contributed by atoms with Crippen LogP contribution in [0.2, 0.25) is 0 Å². The number of nitrogens with zero attached hydrogens (tertiary/aromatic N) is 4. The van der Waals surface area contributed by atoms with E-state index >= 15 is 0 Å². The van der Waals surface area contributed by atoms with Crippen LogP contribution in [0.1, 0.15) is 24.6 Å². The maximum Gasteiger partial charge on any atom is 0.259 e. The van der Waals surface area contributed by atoms with Crippen LogP contribution in [0.4, 0.5) is 5.69 Å². The van der Waals surface area contributed by atoms with E-state index in [0.29, 0.717) is 17.4 Å². The summed E-state index contributed by atoms with van der Waals surface area (Å²) in [6, 6.07) is 7.19. The van der Waals surface area contributed by atoms with Crippen LogP contribution in [0.5, 0.6) is 0 Å². The number of aromatic nitrogens is 3. The maximum absolute atomic E-state index is 12.7. The van der Waals surface area contributed by atoms with Gasteiger partial charge in [0.1, 0.15) is 5.82 Å². The van der Waals surface area contributed by atoms with Gasteiger partial charge in [0.15, 0.2) is 11.7 Å². The highest BCUT2D eigenvalue weighted by atomic mass is 32.2. The van der Waals surface area contributed by atoms with E-state index in [4.69, 9.17) is 0 Å². The molecule has 0 saturated heterocycles. The maximum atomic E-state index is 12.7. The molecule has 0 unspecified atom stereocenters. The Morgan fingerprint density at radius 3 is 2.76 bits per heavy atom. The fourth-order valence-electron chi connectivity index (χ4n) is 3.24. The summed E-state index contributed by atoms with van der Waals surface area (Å²) in [5, 5.41) is 10.0. The number of rotatable bonds is 4. The van der Waals surface area contributed by atoms with Gasteiger partial charge in [0, 0.05) is 29.9 Å². The molecule has 0 bridgehead atoms. The molecular formula is C19H18N6O3S. The number of amidine groups is 1. The first-order valence-corrected chi connectivity index (χ1v) is 10.9. The normalized spacial score (nSPS) is 19.9. The molecule has 0 radical (unpaired) electrons. The van der Waals surface area contributed by atoms with Crippen molar-refractivity contribution in [1.82, 2.24) is 20.1 Å². The second-order valence-electron chi connectivity index (χ2n) is 7.17. The second-order valence-corrected chi connectivity index (χ2v) is 8.92. The van der Waals surface area contributed by atoms with Crippen LogP contribution in [0, 0.1) is 0 Å². The molecule has 3 aliphatic rings. The van der Waals surface area contributed by atoms with Crippen molar-refractivity contribution in [2.75, 3.05) is 17.6 Å². The molecule has 10 heteroatoms. The van der Waals surface area contributed by atoms with Crippen molar-refractivity contribution in [1.29, 1.82) is 0 Å². The minimum Gasteiger partial charge on any atom is -0.331 e. The van der Waals surface area contributed by atoms with E-state index in [-0.39, 0.29) is 23.7 Å². The Morgan fingerprint density at radius 2 is 2.00 bits per heavy atom. The Hall–Kier alpha value is -3.27. The van der Waals surface area contributed by atoms with E-state index in [2.05, 4.69) is 24.9 Å². The molecule has 29 heavy (non-hydrogen) atoms. The zero-order valence-electron chi connectivity index (χ0n) is 15.4. The first-order valence-electron chi connectivity index (χ1n) is 9.31. The average molecular weight is 410 g/mol. The van der Waals surface area contributed by atoms with Gasteiger partial charge in [-0.3, -0.25) is 9.89 Å². The summed E-state index contributed by atoms with van der Waals surface area (Å²) in [5.74, 6) is 1.71. The van der Waals surface area contributed by atoms with Gasteiger partial charge in [-0.2, -0.15) is 5.10 Å². The number of sulfonamides is 1. The van der Waals surface area contributed by atoms with Crippen molar-refractivity contribution >= 4 is 27.5 Å². The number of fused-ring (bicyclic) bond motifs is 1. The Bertz CT molecular complexity index is 1170. The third-order valence-corrected chi connectivity index (χ3v) is 6.12. The monoisotopic (exact) mass is 410 g/mol. The lowest BCUT2D eigenvalue weighted by atomic mass is 10.1. The van der Waals surface area contributed by atoms with Gasteiger partial charge in [0.25, 0.3) is 15.9 Å². The number of H-pyrrole nitrogens is 1. The number of allylic oxidation sites excluding steroid dienone is 2. The van der Waals surface area contributed by atoms with E-state index in [1.165, 1.54) is 0 Å². The summed E-state index contributed by atoms with van der Waals surface area (Å²) in [7, 11) is -3.55. The first-order chi connectivity index (χ1) is 14.0. The number of hydrogen-bond acceptors (Lipinski definition) is 6. The van der Waals surface area contributed by atoms with Crippen molar-refractivity contribution in [3.05, 3.63) is 54.0 Å². The second kappa shape index (κ2) is 6.66. The van der Waals surface area contributed by atoms with Crippen molar-refractivity contribution in [3.8, 4) is 11.4 Å². The standard InChI is InChI=1S/C19H18N6O3S/c26-19(15-2-1-9-25-10-11-29(27,28)24-18(15)25)20-14-7-5-13(6-8-14)17-21-16(22-23-17)12-3-4-12/h1-2,5-9,12H,3-4,10-11H2,(H,20,26)(H,21,22,23). The largest absolute Gasteiger partial charge is 0.331 e. The first kappa shape index (κ1) is 17.8. The molecular weight excluding hydrogens is 392 g/mol. The van der Waals surface area contributed by atoms with E-state index in [0.717, 1.165) is 24.2 Å². The van der Waals surface area contributed by atoms with Crippen LogP contribution in [0.15, 0.2) is 52.6 Å². The predicted octanol–water partition coefficient (Wildman–Crippen LogP) is 1.79. The summed E-state index contributed by atoms with van der Waals surface area (Å²) < 4.78 is 27.5. The number of carbonyl (C=O) groups is 1. The molecule has 0 atom stereocenters. The van der Waals surface area contributed by atoms with Crippen LogP contribution in [0.3, 0.4) is 0 Å². The molecule has 1 aliphatic carbocycles. The SMILES string of the molecule is O=C(Nc1ccc(-c2n[nH]c(C3CC3)n2)cc1)C1=CC=CN2CCS(=O)(=O)N=C12. The van der Waals surface area contributed by atoms with Crippen LogP contribution >= 0.6 is 0 Å². The quantitative estimate of drug-likeness (QED) is 0.793. The molecule has 148 valence electrons. The van der Waals surface area contributed by atoms with Gasteiger partial charge in [0.2, 0.25) is 0 Å². The molecule has 1 fully saturated rings. The number of nitrogens with one attached hydrogen (secondary N) is 2. The summed E-state index contributed by atoms with van der Waals surface area (Å²) in [6.07, 6.45) is 7.28. The van der Waals surface area contributed by atoms with Crippen molar-refractivity contribution in [3.63, 3.8) is 0 Å². The van der Waals surface area contributed by atoms with Crippen LogP contribution in [-0.2, 0) is 14.8 Å². The Balaban J connectivity index is 1.33. The van der Waals surface area contributed by atoms with E-state index in [1.54, 1.807) is 35.4 Å². The molecule has 3 heterocycles. The molecule has 1 aromatic heterocycles. The number of anilines is 1. The minimum atomic E-state index is -3.55. The highest BCUT2D eigenvalue weighted by Gasteiger charge is 2.30. The number of amides is 1. The summed E-state index contributed by atoms with van der Waals surface area (Å²) in [6.45, 7) is 0.274. The van der Waals surface area contributed by atoms with Crippen LogP contribution < -0.4 is 5.32 Å². The van der Waals surface area contributed by atoms with Gasteiger partial charge >= 0.3 is 0 Å². The van der Waals surface area contributed by atoms with Gasteiger partial charge in [-0.15, -0.1) is 4.40 Å². The third-order valence-electron chi connectivity index (χ3n) is 4.97. The number of benzene rings is 1. The smallest absolute Gasteiger partial charge is 0.259 e. The van der Waals surface area contributed by atoms with Gasteiger partial charge in [-0.1, -0.05) is 0 Å². The molecule has 0 spiro atoms. The highest BCUT2D eigenvalue weighted by Crippen LogP contribution is 2.38. The van der Waals surface area contributed by atoms with Crippen molar-refractivity contribution in [2.45, 2.75) is 18.8 Å². The van der Waals surface area contributed by atoms with Gasteiger partial charge < -0.3 is 10.2 Å². The van der Waals surface area contributed by atoms with Crippen molar-refractivity contribution in [2.24, 2.45) is 4.40 Å². The lowest BCUT2D eigenvalue weighted by molar-refractivity contribution is -0.112. The molecule has 5 rings (SSSR count). The lowest BCUT2D eigenvalue weighted by Crippen LogP contribution is -2.40. The topological polar surface area (TPSA) is 120 Å². The van der Waals surface area contributed by atoms with Crippen molar-refractivity contribution < 1.29 is 13.2 Å². The van der Waals surface area contributed by atoms with Gasteiger partial charge in [-0.25, -0.2) is 13.4 Å². The molecule has 1 saturated carbocycles. The zero-order chi connectivity index (χ0) is 20.0. The van der Waals surface area contributed by atoms with Gasteiger partial charge in [0.05, 0.1) is 11.3 Å². The number of aromatic amines is 1. The number of hydrogen-bond donors (Lipinski definition) is 2. The molecule has 1 aromatic carbocycles.